The van der Waals surface area contributed by atoms with E-state index in [0.29, 0.717) is 13.1 Å². The molecule has 1 aromatic carbocycles. The zero-order valence-corrected chi connectivity index (χ0v) is 14.7. The Bertz CT molecular complexity index is 566. The van der Waals surface area contributed by atoms with Crippen LogP contribution >= 0.6 is 0 Å². The van der Waals surface area contributed by atoms with E-state index in [2.05, 4.69) is 10.6 Å². The van der Waals surface area contributed by atoms with Crippen LogP contribution in [-0.4, -0.2) is 24.5 Å². The van der Waals surface area contributed by atoms with Gasteiger partial charge in [0.25, 0.3) is 0 Å². The Kier molecular flexibility index (Phi) is 7.09. The largest absolute Gasteiger partial charge is 0.490 e. The second-order valence-corrected chi connectivity index (χ2v) is 6.50. The number of amides is 2. The van der Waals surface area contributed by atoms with Gasteiger partial charge in [0.2, 0.25) is 11.8 Å². The topological polar surface area (TPSA) is 67.4 Å². The number of carbonyl (C=O) groups excluding carboxylic acids is 2. The van der Waals surface area contributed by atoms with Crippen molar-refractivity contribution in [3.05, 3.63) is 29.3 Å². The van der Waals surface area contributed by atoms with Gasteiger partial charge in [-0.25, -0.2) is 0 Å². The van der Waals surface area contributed by atoms with E-state index < -0.39 is 0 Å². The third kappa shape index (κ3) is 6.22. The first-order valence-corrected chi connectivity index (χ1v) is 8.82. The third-order valence-electron chi connectivity index (χ3n) is 4.27. The fraction of sp³-hybridized carbons (Fsp3) is 0.579. The maximum Gasteiger partial charge on any atom is 0.222 e. The van der Waals surface area contributed by atoms with Gasteiger partial charge in [-0.15, -0.1) is 0 Å². The van der Waals surface area contributed by atoms with Gasteiger partial charge in [-0.1, -0.05) is 18.6 Å². The van der Waals surface area contributed by atoms with E-state index in [1.165, 1.54) is 26.2 Å². The van der Waals surface area contributed by atoms with Crippen molar-refractivity contribution in [3.8, 4) is 5.75 Å². The predicted octanol–water partition coefficient (Wildman–Crippen LogP) is 2.85. The van der Waals surface area contributed by atoms with Crippen LogP contribution in [0.15, 0.2) is 18.2 Å². The van der Waals surface area contributed by atoms with Crippen LogP contribution in [-0.2, 0) is 16.1 Å². The van der Waals surface area contributed by atoms with Crippen LogP contribution in [0.25, 0.3) is 0 Å². The molecule has 1 aliphatic rings. The fourth-order valence-corrected chi connectivity index (χ4v) is 2.91. The van der Waals surface area contributed by atoms with Gasteiger partial charge in [-0.2, -0.15) is 0 Å². The molecule has 0 aliphatic heterocycles. The standard InChI is InChI=1S/C19H28N2O3/c1-14-8-9-16(13-21-19(23)10-11-20-15(2)22)18(12-14)24-17-6-4-3-5-7-17/h8-9,12,17H,3-7,10-11,13H2,1-2H3,(H,20,22)(H,21,23). The number of nitrogens with one attached hydrogen (secondary N) is 2. The summed E-state index contributed by atoms with van der Waals surface area (Å²) in [7, 11) is 0. The van der Waals surface area contributed by atoms with Crippen molar-refractivity contribution >= 4 is 11.8 Å². The highest BCUT2D eigenvalue weighted by atomic mass is 16.5. The van der Waals surface area contributed by atoms with Gasteiger partial charge in [0, 0.05) is 32.0 Å². The van der Waals surface area contributed by atoms with Gasteiger partial charge in [0.15, 0.2) is 0 Å². The quantitative estimate of drug-likeness (QED) is 0.807. The number of hydrogen-bond donors (Lipinski definition) is 2. The van der Waals surface area contributed by atoms with Gasteiger partial charge in [0.05, 0.1) is 6.10 Å². The molecule has 1 fully saturated rings. The zero-order valence-electron chi connectivity index (χ0n) is 14.7. The van der Waals surface area contributed by atoms with E-state index in [4.69, 9.17) is 4.74 Å². The molecule has 2 N–H and O–H groups in total. The van der Waals surface area contributed by atoms with E-state index in [9.17, 15) is 9.59 Å². The van der Waals surface area contributed by atoms with Gasteiger partial charge in [0.1, 0.15) is 5.75 Å². The van der Waals surface area contributed by atoms with Crippen LogP contribution in [0.4, 0.5) is 0 Å². The number of hydrogen-bond acceptors (Lipinski definition) is 3. The Morgan fingerprint density at radius 2 is 1.92 bits per heavy atom. The first kappa shape index (κ1) is 18.3. The summed E-state index contributed by atoms with van der Waals surface area (Å²) < 4.78 is 6.20. The number of ether oxygens (including phenoxy) is 1. The van der Waals surface area contributed by atoms with Crippen LogP contribution in [0.3, 0.4) is 0 Å². The summed E-state index contributed by atoms with van der Waals surface area (Å²) in [6, 6.07) is 6.10. The average molecular weight is 332 g/mol. The number of carbonyl (C=O) groups is 2. The smallest absolute Gasteiger partial charge is 0.222 e. The molecular formula is C19H28N2O3. The SMILES string of the molecule is CC(=O)NCCC(=O)NCc1ccc(C)cc1OC1CCCCC1. The minimum absolute atomic E-state index is 0.0760. The highest BCUT2D eigenvalue weighted by Gasteiger charge is 2.16. The molecule has 5 nitrogen and oxygen atoms in total. The molecule has 24 heavy (non-hydrogen) atoms. The second-order valence-electron chi connectivity index (χ2n) is 6.50. The van der Waals surface area contributed by atoms with Crippen molar-refractivity contribution in [1.82, 2.24) is 10.6 Å². The first-order valence-electron chi connectivity index (χ1n) is 8.82. The van der Waals surface area contributed by atoms with E-state index in [-0.39, 0.29) is 24.3 Å². The molecule has 0 bridgehead atoms. The lowest BCUT2D eigenvalue weighted by molar-refractivity contribution is -0.121. The molecular weight excluding hydrogens is 304 g/mol. The average Bonchev–Trinajstić information content (AvgIpc) is 2.55. The molecule has 132 valence electrons. The molecule has 1 aliphatic carbocycles. The number of rotatable bonds is 7. The predicted molar refractivity (Wildman–Crippen MR) is 93.8 cm³/mol. The molecule has 0 heterocycles. The Morgan fingerprint density at radius 3 is 2.62 bits per heavy atom. The molecule has 1 saturated carbocycles. The summed E-state index contributed by atoms with van der Waals surface area (Å²) in [6.07, 6.45) is 6.54. The summed E-state index contributed by atoms with van der Waals surface area (Å²) in [5.41, 5.74) is 2.15. The van der Waals surface area contributed by atoms with E-state index in [1.807, 2.05) is 25.1 Å². The van der Waals surface area contributed by atoms with Crippen LogP contribution in [0, 0.1) is 6.92 Å². The summed E-state index contributed by atoms with van der Waals surface area (Å²) in [5, 5.41) is 5.52. The van der Waals surface area contributed by atoms with Crippen LogP contribution in [0.1, 0.15) is 56.6 Å². The molecule has 0 unspecified atom stereocenters. The first-order chi connectivity index (χ1) is 11.5. The molecule has 0 saturated heterocycles. The van der Waals surface area contributed by atoms with Crippen molar-refractivity contribution in [1.29, 1.82) is 0 Å². The van der Waals surface area contributed by atoms with Crippen LogP contribution in [0.5, 0.6) is 5.75 Å². The molecule has 0 radical (unpaired) electrons. The van der Waals surface area contributed by atoms with Crippen LogP contribution < -0.4 is 15.4 Å². The number of aryl methyl sites for hydroxylation is 1. The lowest BCUT2D eigenvalue weighted by atomic mass is 9.97. The highest BCUT2D eigenvalue weighted by molar-refractivity contribution is 5.77. The third-order valence-corrected chi connectivity index (χ3v) is 4.27. The maximum atomic E-state index is 11.9. The second kappa shape index (κ2) is 9.30. The van der Waals surface area contributed by atoms with E-state index >= 15 is 0 Å². The van der Waals surface area contributed by atoms with Crippen molar-refractivity contribution in [2.24, 2.45) is 0 Å². The minimum atomic E-state index is -0.121. The molecule has 2 rings (SSSR count). The summed E-state index contributed by atoms with van der Waals surface area (Å²) in [6.45, 7) is 4.30. The van der Waals surface area contributed by atoms with Gasteiger partial charge in [-0.05, 0) is 44.2 Å². The van der Waals surface area contributed by atoms with Gasteiger partial charge in [-0.3, -0.25) is 9.59 Å². The maximum absolute atomic E-state index is 11.9. The van der Waals surface area contributed by atoms with E-state index in [0.717, 1.165) is 29.7 Å². The molecule has 0 atom stereocenters. The van der Waals surface area contributed by atoms with Crippen molar-refractivity contribution in [3.63, 3.8) is 0 Å². The molecule has 1 aromatic rings. The van der Waals surface area contributed by atoms with Gasteiger partial charge < -0.3 is 15.4 Å². The Balaban J connectivity index is 1.89. The highest BCUT2D eigenvalue weighted by Crippen LogP contribution is 2.27. The summed E-state index contributed by atoms with van der Waals surface area (Å²) in [5.74, 6) is 0.682. The zero-order chi connectivity index (χ0) is 17.4. The molecule has 2 amide bonds. The van der Waals surface area contributed by atoms with E-state index in [1.54, 1.807) is 0 Å². The monoisotopic (exact) mass is 332 g/mol. The van der Waals surface area contributed by atoms with Crippen molar-refractivity contribution in [2.75, 3.05) is 6.54 Å². The Labute approximate surface area is 144 Å². The fourth-order valence-electron chi connectivity index (χ4n) is 2.91. The van der Waals surface area contributed by atoms with Crippen LogP contribution in [0.2, 0.25) is 0 Å². The lowest BCUT2D eigenvalue weighted by Crippen LogP contribution is -2.29. The minimum Gasteiger partial charge on any atom is -0.490 e. The van der Waals surface area contributed by atoms with Crippen molar-refractivity contribution < 1.29 is 14.3 Å². The molecule has 0 spiro atoms. The summed E-state index contributed by atoms with van der Waals surface area (Å²) in [4.78, 5) is 22.7. The Hall–Kier alpha value is -2.04. The van der Waals surface area contributed by atoms with Crippen molar-refractivity contribution in [2.45, 2.75) is 65.0 Å². The Morgan fingerprint density at radius 1 is 1.17 bits per heavy atom. The van der Waals surface area contributed by atoms with Gasteiger partial charge >= 0.3 is 0 Å². The normalized spacial score (nSPS) is 14.9. The lowest BCUT2D eigenvalue weighted by Gasteiger charge is -2.24. The molecule has 0 aromatic heterocycles. The molecule has 5 heteroatoms. The number of benzene rings is 1. The summed E-state index contributed by atoms with van der Waals surface area (Å²) >= 11 is 0.